The number of carbonyl (C=O) groups excluding carboxylic acids is 1. The molecule has 0 aromatic heterocycles. The molecular formula is C6H8N2O2. The molecule has 1 fully saturated rings. The Kier molecular flexibility index (Phi) is 1.06. The average molecular weight is 140 g/mol. The molecule has 1 unspecified atom stereocenters. The van der Waals surface area contributed by atoms with Gasteiger partial charge in [0.1, 0.15) is 18.8 Å². The predicted octanol–water partition coefficient (Wildman–Crippen LogP) is -0.849. The van der Waals surface area contributed by atoms with Gasteiger partial charge in [0.05, 0.1) is 12.4 Å². The van der Waals surface area contributed by atoms with Crippen LogP contribution in [0.5, 0.6) is 0 Å². The molecule has 4 heteroatoms. The summed E-state index contributed by atoms with van der Waals surface area (Å²) >= 11 is 0. The summed E-state index contributed by atoms with van der Waals surface area (Å²) in [6, 6.07) is 0. The highest BCUT2D eigenvalue weighted by Gasteiger charge is 2.30. The molecule has 0 aliphatic carbocycles. The van der Waals surface area contributed by atoms with Crippen LogP contribution in [0.25, 0.3) is 0 Å². The Bertz CT molecular complexity index is 200. The maximum absolute atomic E-state index is 11.0. The minimum Gasteiger partial charge on any atom is -0.498 e. The summed E-state index contributed by atoms with van der Waals surface area (Å²) in [5.74, 6) is -0.0312. The Morgan fingerprint density at radius 3 is 3.30 bits per heavy atom. The van der Waals surface area contributed by atoms with E-state index in [0.29, 0.717) is 13.3 Å². The highest BCUT2D eigenvalue weighted by Crippen LogP contribution is 2.17. The van der Waals surface area contributed by atoms with Gasteiger partial charge in [-0.3, -0.25) is 4.79 Å². The van der Waals surface area contributed by atoms with E-state index in [0.717, 1.165) is 5.70 Å². The molecule has 2 rings (SSSR count). The lowest BCUT2D eigenvalue weighted by Gasteiger charge is -2.20. The third-order valence-electron chi connectivity index (χ3n) is 1.72. The number of hydrogen-bond acceptors (Lipinski definition) is 3. The van der Waals surface area contributed by atoms with Crippen molar-refractivity contribution in [1.82, 2.24) is 10.6 Å². The molecule has 1 saturated heterocycles. The van der Waals surface area contributed by atoms with Crippen molar-refractivity contribution >= 4 is 5.91 Å². The second kappa shape index (κ2) is 1.90. The monoisotopic (exact) mass is 140 g/mol. The lowest BCUT2D eigenvalue weighted by atomic mass is 10.1. The standard InChI is InChI=1S/C6H8N2O2/c9-6-4-1-10-2-5(4)7-3-8-6/h2,4,7H,1,3H2,(H,8,9). The molecule has 0 aromatic rings. The van der Waals surface area contributed by atoms with Crippen molar-refractivity contribution < 1.29 is 9.53 Å². The Labute approximate surface area is 58.2 Å². The molecule has 0 radical (unpaired) electrons. The molecule has 54 valence electrons. The number of rotatable bonds is 0. The predicted molar refractivity (Wildman–Crippen MR) is 33.7 cm³/mol. The van der Waals surface area contributed by atoms with Gasteiger partial charge in [-0.15, -0.1) is 0 Å². The molecule has 0 saturated carbocycles. The number of carbonyl (C=O) groups is 1. The molecule has 10 heavy (non-hydrogen) atoms. The molecular weight excluding hydrogens is 132 g/mol. The fraction of sp³-hybridized carbons (Fsp3) is 0.500. The Morgan fingerprint density at radius 1 is 1.60 bits per heavy atom. The van der Waals surface area contributed by atoms with Crippen molar-refractivity contribution in [1.29, 1.82) is 0 Å². The molecule has 1 amide bonds. The third-order valence-corrected chi connectivity index (χ3v) is 1.72. The van der Waals surface area contributed by atoms with Gasteiger partial charge >= 0.3 is 0 Å². The topological polar surface area (TPSA) is 50.4 Å². The molecule has 2 N–H and O–H groups in total. The number of hydrogen-bond donors (Lipinski definition) is 2. The Morgan fingerprint density at radius 2 is 2.50 bits per heavy atom. The van der Waals surface area contributed by atoms with Crippen LogP contribution < -0.4 is 10.6 Å². The summed E-state index contributed by atoms with van der Waals surface area (Å²) in [6.45, 7) is 0.999. The zero-order valence-electron chi connectivity index (χ0n) is 5.39. The zero-order chi connectivity index (χ0) is 6.97. The molecule has 2 aliphatic heterocycles. The molecule has 0 spiro atoms. The molecule has 0 bridgehead atoms. The molecule has 2 heterocycles. The fourth-order valence-electron chi connectivity index (χ4n) is 1.14. The second-order valence-corrected chi connectivity index (χ2v) is 2.35. The summed E-state index contributed by atoms with van der Waals surface area (Å²) in [6.07, 6.45) is 1.61. The van der Waals surface area contributed by atoms with Crippen LogP contribution in [-0.2, 0) is 9.53 Å². The summed E-state index contributed by atoms with van der Waals surface area (Å²) in [5, 5.41) is 5.70. The lowest BCUT2D eigenvalue weighted by molar-refractivity contribution is -0.125. The van der Waals surface area contributed by atoms with Gasteiger partial charge in [-0.25, -0.2) is 0 Å². The minimum atomic E-state index is -0.0891. The van der Waals surface area contributed by atoms with Crippen molar-refractivity contribution in [3.63, 3.8) is 0 Å². The van der Waals surface area contributed by atoms with Gasteiger partial charge in [-0.05, 0) is 0 Å². The smallest absolute Gasteiger partial charge is 0.234 e. The van der Waals surface area contributed by atoms with Crippen molar-refractivity contribution in [3.05, 3.63) is 12.0 Å². The quantitative estimate of drug-likeness (QED) is 0.461. The van der Waals surface area contributed by atoms with Crippen LogP contribution in [0.3, 0.4) is 0 Å². The first-order valence-corrected chi connectivity index (χ1v) is 3.21. The first kappa shape index (κ1) is 5.58. The molecule has 0 aromatic carbocycles. The molecule has 4 nitrogen and oxygen atoms in total. The van der Waals surface area contributed by atoms with Crippen LogP contribution >= 0.6 is 0 Å². The maximum Gasteiger partial charge on any atom is 0.234 e. The number of fused-ring (bicyclic) bond motifs is 1. The minimum absolute atomic E-state index is 0.0579. The van der Waals surface area contributed by atoms with Gasteiger partial charge < -0.3 is 15.4 Å². The first-order valence-electron chi connectivity index (χ1n) is 3.21. The summed E-state index contributed by atoms with van der Waals surface area (Å²) in [4.78, 5) is 11.0. The molecule has 2 aliphatic rings. The third kappa shape index (κ3) is 0.650. The van der Waals surface area contributed by atoms with Crippen molar-refractivity contribution in [2.24, 2.45) is 5.92 Å². The van der Waals surface area contributed by atoms with E-state index in [1.54, 1.807) is 6.26 Å². The van der Waals surface area contributed by atoms with Gasteiger partial charge in [0.2, 0.25) is 5.91 Å². The van der Waals surface area contributed by atoms with Crippen LogP contribution in [0.2, 0.25) is 0 Å². The van der Waals surface area contributed by atoms with Gasteiger partial charge in [0.15, 0.2) is 0 Å². The summed E-state index contributed by atoms with van der Waals surface area (Å²) in [5.41, 5.74) is 0.906. The van der Waals surface area contributed by atoms with Crippen LogP contribution in [0.4, 0.5) is 0 Å². The average Bonchev–Trinajstić information content (AvgIpc) is 2.36. The van der Waals surface area contributed by atoms with E-state index in [1.165, 1.54) is 0 Å². The van der Waals surface area contributed by atoms with Crippen LogP contribution in [0, 0.1) is 5.92 Å². The van der Waals surface area contributed by atoms with Gasteiger partial charge in [0.25, 0.3) is 0 Å². The molecule has 1 atom stereocenters. The number of nitrogens with one attached hydrogen (secondary N) is 2. The number of amides is 1. The number of ether oxygens (including phenoxy) is 1. The zero-order valence-corrected chi connectivity index (χ0v) is 5.39. The lowest BCUT2D eigenvalue weighted by Crippen LogP contribution is -2.46. The van der Waals surface area contributed by atoms with Crippen LogP contribution in [0.1, 0.15) is 0 Å². The SMILES string of the molecule is O=C1NCNC2=COCC12. The van der Waals surface area contributed by atoms with Crippen molar-refractivity contribution in [2.45, 2.75) is 0 Å². The largest absolute Gasteiger partial charge is 0.498 e. The summed E-state index contributed by atoms with van der Waals surface area (Å²) < 4.78 is 4.98. The van der Waals surface area contributed by atoms with E-state index >= 15 is 0 Å². The van der Waals surface area contributed by atoms with Gasteiger partial charge in [-0.1, -0.05) is 0 Å². The van der Waals surface area contributed by atoms with E-state index in [9.17, 15) is 4.79 Å². The van der Waals surface area contributed by atoms with Gasteiger partial charge in [0, 0.05) is 0 Å². The normalized spacial score (nSPS) is 29.4. The van der Waals surface area contributed by atoms with E-state index in [1.807, 2.05) is 0 Å². The Hall–Kier alpha value is -1.19. The van der Waals surface area contributed by atoms with Crippen molar-refractivity contribution in [2.75, 3.05) is 13.3 Å². The maximum atomic E-state index is 11.0. The van der Waals surface area contributed by atoms with Crippen LogP contribution in [0.15, 0.2) is 12.0 Å². The highest BCUT2D eigenvalue weighted by atomic mass is 16.5. The van der Waals surface area contributed by atoms with E-state index < -0.39 is 0 Å². The van der Waals surface area contributed by atoms with Crippen LogP contribution in [-0.4, -0.2) is 19.2 Å². The first-order chi connectivity index (χ1) is 4.88. The van der Waals surface area contributed by atoms with Gasteiger partial charge in [-0.2, -0.15) is 0 Å². The highest BCUT2D eigenvalue weighted by molar-refractivity contribution is 5.82. The van der Waals surface area contributed by atoms with E-state index in [4.69, 9.17) is 4.74 Å². The van der Waals surface area contributed by atoms with E-state index in [2.05, 4.69) is 10.6 Å². The second-order valence-electron chi connectivity index (χ2n) is 2.35. The Balaban J connectivity index is 2.21. The fourth-order valence-corrected chi connectivity index (χ4v) is 1.14. The summed E-state index contributed by atoms with van der Waals surface area (Å²) in [7, 11) is 0. The van der Waals surface area contributed by atoms with E-state index in [-0.39, 0.29) is 11.8 Å². The van der Waals surface area contributed by atoms with Crippen molar-refractivity contribution in [3.8, 4) is 0 Å².